The molecule has 0 aliphatic carbocycles. The molecule has 0 fully saturated rings. The molecule has 0 bridgehead atoms. The highest BCUT2D eigenvalue weighted by atomic mass is 127. The van der Waals surface area contributed by atoms with Gasteiger partial charge in [-0.2, -0.15) is 0 Å². The van der Waals surface area contributed by atoms with E-state index in [1.165, 1.54) is 19.1 Å². The molecule has 0 aliphatic rings. The summed E-state index contributed by atoms with van der Waals surface area (Å²) >= 11 is 1.81. The number of halogens is 1. The molecular weight excluding hydrogens is 521 g/mol. The van der Waals surface area contributed by atoms with E-state index in [1.54, 1.807) is 60.7 Å². The quantitative estimate of drug-likeness (QED) is 0.194. The maximum absolute atomic E-state index is 13.4. The van der Waals surface area contributed by atoms with Crippen molar-refractivity contribution in [3.8, 4) is 0 Å². The van der Waals surface area contributed by atoms with Gasteiger partial charge in [-0.1, -0.05) is 83.3 Å². The van der Waals surface area contributed by atoms with Crippen LogP contribution in [-0.2, 0) is 9.59 Å². The summed E-state index contributed by atoms with van der Waals surface area (Å²) in [5.74, 6) is -2.12. The highest BCUT2D eigenvalue weighted by Crippen LogP contribution is 2.30. The fourth-order valence-electron chi connectivity index (χ4n) is 3.32. The van der Waals surface area contributed by atoms with Gasteiger partial charge < -0.3 is 0 Å². The Morgan fingerprint density at radius 3 is 1.81 bits per heavy atom. The number of rotatable bonds is 7. The van der Waals surface area contributed by atoms with Crippen LogP contribution in [-0.4, -0.2) is 34.1 Å². The Bertz CT molecular complexity index is 1210. The summed E-state index contributed by atoms with van der Waals surface area (Å²) in [6.07, 6.45) is 0.440. The van der Waals surface area contributed by atoms with Crippen LogP contribution in [0.1, 0.15) is 49.1 Å². The molecule has 7 heteroatoms. The molecule has 0 heterocycles. The van der Waals surface area contributed by atoms with Crippen molar-refractivity contribution in [2.75, 3.05) is 9.33 Å². The minimum absolute atomic E-state index is 0.0424. The molecule has 0 saturated heterocycles. The number of nitrogens with zero attached hydrogens (tertiary/aromatic N) is 1. The lowest BCUT2D eigenvalue weighted by Crippen LogP contribution is -2.38. The Labute approximate surface area is 198 Å². The number of anilines is 1. The molecule has 3 rings (SSSR count). The molecule has 0 aromatic heterocycles. The van der Waals surface area contributed by atoms with E-state index in [2.05, 4.69) is 0 Å². The number of alkyl halides is 1. The van der Waals surface area contributed by atoms with Crippen LogP contribution >= 0.6 is 22.6 Å². The van der Waals surface area contributed by atoms with Gasteiger partial charge in [0.1, 0.15) is 0 Å². The number of amides is 2. The van der Waals surface area contributed by atoms with Gasteiger partial charge in [0.15, 0.2) is 17.9 Å². The summed E-state index contributed by atoms with van der Waals surface area (Å²) in [6.45, 7) is 1.18. The lowest BCUT2D eigenvalue weighted by atomic mass is 9.92. The molecule has 3 aromatic rings. The summed E-state index contributed by atoms with van der Waals surface area (Å²) in [7, 11) is 0. The van der Waals surface area contributed by atoms with Crippen LogP contribution in [0.25, 0.3) is 0 Å². The van der Waals surface area contributed by atoms with Crippen LogP contribution in [0.5, 0.6) is 0 Å². The van der Waals surface area contributed by atoms with Gasteiger partial charge in [0.25, 0.3) is 0 Å². The average molecular weight is 539 g/mol. The second-order valence-electron chi connectivity index (χ2n) is 6.85. The molecule has 32 heavy (non-hydrogen) atoms. The molecule has 0 aliphatic heterocycles. The van der Waals surface area contributed by atoms with E-state index < -0.39 is 23.4 Å². The standard InChI is InChI=1S/C25H18INO5/c1-16(29)27(22(30)14-26)23-20(15-28)12-19(24(31)17-8-4-2-5-9-17)13-21(23)25(32)18-10-6-3-7-11-18/h2-13,15H,14H2,1H3. The number of aldehydes is 1. The van der Waals surface area contributed by atoms with Crippen molar-refractivity contribution < 1.29 is 24.0 Å². The first-order chi connectivity index (χ1) is 15.4. The summed E-state index contributed by atoms with van der Waals surface area (Å²) in [4.78, 5) is 64.2. The van der Waals surface area contributed by atoms with E-state index in [-0.39, 0.29) is 26.8 Å². The van der Waals surface area contributed by atoms with Crippen LogP contribution in [0, 0.1) is 0 Å². The first-order valence-electron chi connectivity index (χ1n) is 9.61. The molecule has 6 nitrogen and oxygen atoms in total. The van der Waals surface area contributed by atoms with Gasteiger partial charge in [-0.05, 0) is 12.1 Å². The fourth-order valence-corrected chi connectivity index (χ4v) is 3.66. The zero-order valence-corrected chi connectivity index (χ0v) is 19.2. The second kappa shape index (κ2) is 10.2. The molecule has 3 aromatic carbocycles. The molecule has 0 spiro atoms. The Morgan fingerprint density at radius 2 is 1.34 bits per heavy atom. The van der Waals surface area contributed by atoms with Gasteiger partial charge >= 0.3 is 0 Å². The smallest absolute Gasteiger partial charge is 0.243 e. The topological polar surface area (TPSA) is 88.6 Å². The lowest BCUT2D eigenvalue weighted by Gasteiger charge is -2.23. The van der Waals surface area contributed by atoms with Crippen molar-refractivity contribution in [1.29, 1.82) is 0 Å². The van der Waals surface area contributed by atoms with Crippen LogP contribution in [0.15, 0.2) is 72.8 Å². The molecule has 0 atom stereocenters. The molecule has 0 saturated carbocycles. The summed E-state index contributed by atoms with van der Waals surface area (Å²) in [6, 6.07) is 19.3. The van der Waals surface area contributed by atoms with Crippen LogP contribution in [0.4, 0.5) is 5.69 Å². The summed E-state index contributed by atoms with van der Waals surface area (Å²) < 4.78 is -0.0424. The highest BCUT2D eigenvalue weighted by Gasteiger charge is 2.29. The zero-order chi connectivity index (χ0) is 23.3. The van der Waals surface area contributed by atoms with Crippen molar-refractivity contribution in [3.05, 3.63) is 101 Å². The van der Waals surface area contributed by atoms with Gasteiger partial charge in [-0.25, -0.2) is 4.90 Å². The van der Waals surface area contributed by atoms with Gasteiger partial charge in [-0.15, -0.1) is 0 Å². The normalized spacial score (nSPS) is 10.3. The van der Waals surface area contributed by atoms with E-state index in [0.29, 0.717) is 17.4 Å². The van der Waals surface area contributed by atoms with Crippen molar-refractivity contribution in [2.45, 2.75) is 6.92 Å². The minimum Gasteiger partial charge on any atom is -0.298 e. The van der Waals surface area contributed by atoms with Crippen molar-refractivity contribution in [3.63, 3.8) is 0 Å². The highest BCUT2D eigenvalue weighted by molar-refractivity contribution is 14.1. The molecule has 0 radical (unpaired) electrons. The summed E-state index contributed by atoms with van der Waals surface area (Å²) in [5.41, 5.74) is 0.481. The Morgan fingerprint density at radius 1 is 0.812 bits per heavy atom. The van der Waals surface area contributed by atoms with Gasteiger partial charge in [0.2, 0.25) is 11.8 Å². The molecule has 160 valence electrons. The number of benzene rings is 3. The number of carbonyl (C=O) groups excluding carboxylic acids is 5. The third kappa shape index (κ3) is 4.72. The number of ketones is 2. The van der Waals surface area contributed by atoms with Crippen molar-refractivity contribution in [2.24, 2.45) is 0 Å². The van der Waals surface area contributed by atoms with Crippen LogP contribution in [0.2, 0.25) is 0 Å². The SMILES string of the molecule is CC(=O)N(C(=O)CI)c1c(C=O)cc(C(=O)c2ccccc2)cc1C(=O)c1ccccc1. The van der Waals surface area contributed by atoms with E-state index in [1.807, 2.05) is 22.6 Å². The van der Waals surface area contributed by atoms with E-state index in [0.717, 1.165) is 4.90 Å². The van der Waals surface area contributed by atoms with Crippen LogP contribution in [0.3, 0.4) is 0 Å². The van der Waals surface area contributed by atoms with Gasteiger partial charge in [0.05, 0.1) is 10.1 Å². The van der Waals surface area contributed by atoms with Gasteiger partial charge in [0, 0.05) is 34.7 Å². The van der Waals surface area contributed by atoms with E-state index in [4.69, 9.17) is 0 Å². The average Bonchev–Trinajstić information content (AvgIpc) is 2.83. The molecular formula is C25H18INO5. The maximum atomic E-state index is 13.4. The lowest BCUT2D eigenvalue weighted by molar-refractivity contribution is -0.123. The first-order valence-corrected chi connectivity index (χ1v) is 11.1. The molecule has 2 amide bonds. The predicted octanol–water partition coefficient (Wildman–Crippen LogP) is 4.28. The zero-order valence-electron chi connectivity index (χ0n) is 17.1. The third-order valence-corrected chi connectivity index (χ3v) is 5.40. The van der Waals surface area contributed by atoms with E-state index >= 15 is 0 Å². The minimum atomic E-state index is -0.640. The Kier molecular flexibility index (Phi) is 7.42. The number of hydrogen-bond donors (Lipinski definition) is 0. The largest absolute Gasteiger partial charge is 0.298 e. The number of carbonyl (C=O) groups is 5. The molecule has 0 N–H and O–H groups in total. The summed E-state index contributed by atoms with van der Waals surface area (Å²) in [5, 5.41) is 0. The first kappa shape index (κ1) is 23.2. The van der Waals surface area contributed by atoms with Crippen molar-refractivity contribution >= 4 is 57.9 Å². The van der Waals surface area contributed by atoms with Crippen molar-refractivity contribution in [1.82, 2.24) is 0 Å². The molecule has 0 unspecified atom stereocenters. The fraction of sp³-hybridized carbons (Fsp3) is 0.0800. The number of imide groups is 1. The maximum Gasteiger partial charge on any atom is 0.243 e. The second-order valence-corrected chi connectivity index (χ2v) is 7.61. The monoisotopic (exact) mass is 539 g/mol. The predicted molar refractivity (Wildman–Crippen MR) is 129 cm³/mol. The van der Waals surface area contributed by atoms with Gasteiger partial charge in [-0.3, -0.25) is 24.0 Å². The van der Waals surface area contributed by atoms with E-state index in [9.17, 15) is 24.0 Å². The third-order valence-electron chi connectivity index (χ3n) is 4.75. The van der Waals surface area contributed by atoms with Crippen LogP contribution < -0.4 is 4.90 Å². The number of hydrogen-bond acceptors (Lipinski definition) is 5. The Hall–Kier alpha value is -3.46. The Balaban J connectivity index is 2.31.